The van der Waals surface area contributed by atoms with Gasteiger partial charge in [0.05, 0.1) is 9.79 Å². The molecule has 0 aromatic heterocycles. The average molecular weight is 493 g/mol. The van der Waals surface area contributed by atoms with Gasteiger partial charge >= 0.3 is 0 Å². The van der Waals surface area contributed by atoms with Gasteiger partial charge in [0, 0.05) is 5.41 Å². The molecule has 3 rings (SSSR count). The molecule has 0 radical (unpaired) electrons. The van der Waals surface area contributed by atoms with Crippen LogP contribution in [0.2, 0.25) is 0 Å². The maximum Gasteiger partial charge on any atom is 0.124 e. The molecule has 6 nitrogen and oxygen atoms in total. The molecule has 2 aromatic rings. The van der Waals surface area contributed by atoms with Crippen LogP contribution in [0.15, 0.2) is 46.2 Å². The fourth-order valence-corrected chi connectivity index (χ4v) is 6.15. The first-order chi connectivity index (χ1) is 15.5. The molecule has 0 amide bonds. The molecule has 0 bridgehead atoms. The third-order valence-corrected chi connectivity index (χ3v) is 8.46. The Labute approximate surface area is 197 Å². The zero-order valence-corrected chi connectivity index (χ0v) is 20.9. The highest BCUT2D eigenvalue weighted by atomic mass is 32.2. The lowest BCUT2D eigenvalue weighted by molar-refractivity contribution is 0.400. The van der Waals surface area contributed by atoms with E-state index in [1.54, 1.807) is 12.1 Å². The fourth-order valence-electron chi connectivity index (χ4n) is 5.15. The number of hydrogen-bond acceptors (Lipinski definition) is 6. The van der Waals surface area contributed by atoms with E-state index in [0.717, 1.165) is 75.3 Å². The van der Waals surface area contributed by atoms with Crippen LogP contribution in [0, 0.1) is 0 Å². The summed E-state index contributed by atoms with van der Waals surface area (Å²) in [6, 6.07) is 8.82. The molecule has 0 saturated heterocycles. The minimum absolute atomic E-state index is 0.352. The molecule has 0 saturated carbocycles. The van der Waals surface area contributed by atoms with Crippen molar-refractivity contribution >= 4 is 20.2 Å². The van der Waals surface area contributed by atoms with Crippen molar-refractivity contribution in [1.82, 2.24) is 0 Å². The second-order valence-electron chi connectivity index (χ2n) is 9.03. The number of rotatable bonds is 12. The third-order valence-electron chi connectivity index (χ3n) is 6.79. The van der Waals surface area contributed by atoms with Crippen molar-refractivity contribution in [2.75, 3.05) is 0 Å². The lowest BCUT2D eigenvalue weighted by atomic mass is 9.70. The first-order valence-corrected chi connectivity index (χ1v) is 14.6. The van der Waals surface area contributed by atoms with Gasteiger partial charge in [-0.05, 0) is 59.4 Å². The molecule has 0 heterocycles. The summed E-state index contributed by atoms with van der Waals surface area (Å²) < 4.78 is 70.3. The van der Waals surface area contributed by atoms with Crippen LogP contribution in [0.3, 0.4) is 0 Å². The molecule has 33 heavy (non-hydrogen) atoms. The average Bonchev–Trinajstić information content (AvgIpc) is 3.02. The largest absolute Gasteiger partial charge is 0.744 e. The van der Waals surface area contributed by atoms with Crippen LogP contribution in [0.1, 0.15) is 89.2 Å². The molecule has 0 unspecified atom stereocenters. The van der Waals surface area contributed by atoms with Crippen LogP contribution < -0.4 is 0 Å². The molecule has 8 heteroatoms. The van der Waals surface area contributed by atoms with Crippen LogP contribution in [0.5, 0.6) is 0 Å². The van der Waals surface area contributed by atoms with E-state index >= 15 is 0 Å². The predicted molar refractivity (Wildman–Crippen MR) is 126 cm³/mol. The second kappa shape index (κ2) is 10.3. The maximum absolute atomic E-state index is 11.7. The van der Waals surface area contributed by atoms with Crippen LogP contribution >= 0.6 is 0 Å². The number of unbranched alkanes of at least 4 members (excludes halogenated alkanes) is 6. The van der Waals surface area contributed by atoms with Crippen LogP contribution in [-0.4, -0.2) is 25.9 Å². The number of fused-ring (bicyclic) bond motifs is 3. The quantitative estimate of drug-likeness (QED) is 0.277. The Morgan fingerprint density at radius 2 is 1.03 bits per heavy atom. The van der Waals surface area contributed by atoms with Crippen molar-refractivity contribution in [3.63, 3.8) is 0 Å². The van der Waals surface area contributed by atoms with Gasteiger partial charge in [-0.25, -0.2) is 16.8 Å². The Hall–Kier alpha value is -1.74. The van der Waals surface area contributed by atoms with E-state index in [9.17, 15) is 25.9 Å². The second-order valence-corrected chi connectivity index (χ2v) is 11.8. The molecule has 182 valence electrons. The van der Waals surface area contributed by atoms with Gasteiger partial charge in [-0.15, -0.1) is 0 Å². The Morgan fingerprint density at radius 3 is 1.36 bits per heavy atom. The van der Waals surface area contributed by atoms with Gasteiger partial charge in [0.25, 0.3) is 0 Å². The van der Waals surface area contributed by atoms with Gasteiger partial charge in [0.1, 0.15) is 20.2 Å². The molecule has 0 fully saturated rings. The first-order valence-electron chi connectivity index (χ1n) is 11.8. The fraction of sp³-hybridized carbons (Fsp3) is 0.520. The van der Waals surface area contributed by atoms with E-state index in [4.69, 9.17) is 0 Å². The van der Waals surface area contributed by atoms with Crippen molar-refractivity contribution in [2.45, 2.75) is 93.3 Å². The standard InChI is InChI=1S/C25H34O6S2/c1-3-5-7-9-15-25(16-10-8-6-4-2)23-13-11-19(32(26,27)28)17-21(23)22-18-20(33(29,30)31)12-14-24(22)25/h11-14,17-18H,3-10,15-16H2,1-2H3,(H,26,27,28)(H,29,30,31)/p-2. The topological polar surface area (TPSA) is 114 Å². The van der Waals surface area contributed by atoms with E-state index in [0.29, 0.717) is 11.1 Å². The Bertz CT molecular complexity index is 1100. The lowest BCUT2D eigenvalue weighted by Crippen LogP contribution is -2.25. The summed E-state index contributed by atoms with van der Waals surface area (Å²) in [5.41, 5.74) is 2.51. The molecule has 0 N–H and O–H groups in total. The normalized spacial score (nSPS) is 14.8. The number of hydrogen-bond donors (Lipinski definition) is 0. The van der Waals surface area contributed by atoms with Crippen molar-refractivity contribution in [2.24, 2.45) is 0 Å². The summed E-state index contributed by atoms with van der Waals surface area (Å²) in [4.78, 5) is -0.703. The highest BCUT2D eigenvalue weighted by Gasteiger charge is 2.42. The van der Waals surface area contributed by atoms with Gasteiger partial charge in [-0.1, -0.05) is 77.3 Å². The van der Waals surface area contributed by atoms with E-state index in [1.165, 1.54) is 24.3 Å². The molecule has 0 aliphatic heterocycles. The highest BCUT2D eigenvalue weighted by molar-refractivity contribution is 7.86. The molecule has 0 spiro atoms. The minimum Gasteiger partial charge on any atom is -0.744 e. The molecule has 0 atom stereocenters. The Kier molecular flexibility index (Phi) is 8.04. The van der Waals surface area contributed by atoms with E-state index in [-0.39, 0.29) is 9.79 Å². The summed E-state index contributed by atoms with van der Waals surface area (Å²) in [5.74, 6) is 0. The Morgan fingerprint density at radius 1 is 0.636 bits per heavy atom. The van der Waals surface area contributed by atoms with Gasteiger partial charge in [-0.3, -0.25) is 0 Å². The smallest absolute Gasteiger partial charge is 0.124 e. The van der Waals surface area contributed by atoms with Crippen LogP contribution in [0.25, 0.3) is 11.1 Å². The van der Waals surface area contributed by atoms with Gasteiger partial charge in [0.15, 0.2) is 0 Å². The lowest BCUT2D eigenvalue weighted by Gasteiger charge is -2.33. The van der Waals surface area contributed by atoms with Crippen molar-refractivity contribution in [3.05, 3.63) is 47.5 Å². The summed E-state index contributed by atoms with van der Waals surface area (Å²) in [7, 11) is -9.36. The van der Waals surface area contributed by atoms with E-state index < -0.39 is 25.7 Å². The summed E-state index contributed by atoms with van der Waals surface area (Å²) in [6.45, 7) is 4.30. The Balaban J connectivity index is 2.20. The molecular formula is C25H32O6S2-2. The third kappa shape index (κ3) is 5.50. The monoisotopic (exact) mass is 492 g/mol. The SMILES string of the molecule is CCCCCCC1(CCCCCC)c2ccc(S(=O)(=O)[O-])cc2-c2cc(S(=O)(=O)[O-])ccc21. The first kappa shape index (κ1) is 25.9. The molecule has 2 aromatic carbocycles. The van der Waals surface area contributed by atoms with E-state index in [2.05, 4.69) is 13.8 Å². The van der Waals surface area contributed by atoms with Gasteiger partial charge in [0.2, 0.25) is 0 Å². The van der Waals surface area contributed by atoms with Crippen molar-refractivity contribution in [1.29, 1.82) is 0 Å². The summed E-state index contributed by atoms with van der Waals surface area (Å²) in [5, 5.41) is 0. The van der Waals surface area contributed by atoms with E-state index in [1.807, 2.05) is 0 Å². The van der Waals surface area contributed by atoms with Crippen LogP contribution in [-0.2, 0) is 25.7 Å². The van der Waals surface area contributed by atoms with Crippen molar-refractivity contribution < 1.29 is 25.9 Å². The van der Waals surface area contributed by atoms with Gasteiger partial charge in [-0.2, -0.15) is 0 Å². The van der Waals surface area contributed by atoms with Gasteiger partial charge < -0.3 is 9.11 Å². The predicted octanol–water partition coefficient (Wildman–Crippen LogP) is 5.70. The number of benzene rings is 2. The van der Waals surface area contributed by atoms with Crippen LogP contribution in [0.4, 0.5) is 0 Å². The molecule has 1 aliphatic rings. The zero-order valence-electron chi connectivity index (χ0n) is 19.3. The summed E-state index contributed by atoms with van der Waals surface area (Å²) >= 11 is 0. The van der Waals surface area contributed by atoms with Crippen molar-refractivity contribution in [3.8, 4) is 11.1 Å². The molecule has 1 aliphatic carbocycles. The molecular weight excluding hydrogens is 460 g/mol. The highest BCUT2D eigenvalue weighted by Crippen LogP contribution is 2.55. The minimum atomic E-state index is -4.68. The summed E-state index contributed by atoms with van der Waals surface area (Å²) in [6.07, 6.45) is 10.2. The maximum atomic E-state index is 11.7. The zero-order chi connectivity index (χ0) is 24.3.